The van der Waals surface area contributed by atoms with Gasteiger partial charge in [0.1, 0.15) is 24.2 Å². The van der Waals surface area contributed by atoms with Crippen LogP contribution in [0, 0.1) is 5.82 Å². The van der Waals surface area contributed by atoms with Gasteiger partial charge in [-0.25, -0.2) is 17.6 Å². The molecule has 1 aliphatic heterocycles. The van der Waals surface area contributed by atoms with E-state index in [1.165, 1.54) is 18.2 Å². The van der Waals surface area contributed by atoms with E-state index >= 15 is 0 Å². The summed E-state index contributed by atoms with van der Waals surface area (Å²) in [6.07, 6.45) is -7.40. The van der Waals surface area contributed by atoms with Crippen molar-refractivity contribution in [1.82, 2.24) is 9.03 Å². The number of hydrogen-bond donors (Lipinski definition) is 3. The largest absolute Gasteiger partial charge is 0.485 e. The van der Waals surface area contributed by atoms with Crippen LogP contribution < -0.4 is 19.1 Å². The van der Waals surface area contributed by atoms with E-state index in [1.807, 2.05) is 4.72 Å². The number of carbonyl (C=O) groups is 1. The zero-order valence-corrected chi connectivity index (χ0v) is 20.0. The van der Waals surface area contributed by atoms with Crippen LogP contribution in [0.2, 0.25) is 0 Å². The summed E-state index contributed by atoms with van der Waals surface area (Å²) in [4.78, 5) is 10.7. The van der Waals surface area contributed by atoms with Crippen LogP contribution in [0.5, 0.6) is 5.75 Å². The minimum Gasteiger partial charge on any atom is -0.485 e. The molecule has 17 heteroatoms. The van der Waals surface area contributed by atoms with Gasteiger partial charge in [0.15, 0.2) is 0 Å². The standard InChI is InChI=1S/C19H20F4N4O7S2/c1-26(11-19(21,22)23)36(32,33)24-9-14-10-27(35(30,31)15-5-2-12(20)3-6-15)16-8-13(25-18(28)29)4-7-17(16)34-14/h2-8,14,24-25H,9-11H2,1H3,(H,28,29). The van der Waals surface area contributed by atoms with Crippen molar-refractivity contribution in [2.45, 2.75) is 17.2 Å². The molecule has 3 N–H and O–H groups in total. The lowest BCUT2D eigenvalue weighted by Crippen LogP contribution is -2.51. The highest BCUT2D eigenvalue weighted by atomic mass is 32.2. The van der Waals surface area contributed by atoms with Crippen molar-refractivity contribution in [3.63, 3.8) is 0 Å². The maximum atomic E-state index is 13.3. The number of anilines is 2. The first-order chi connectivity index (χ1) is 16.6. The Kier molecular flexibility index (Phi) is 7.68. The second-order valence-corrected chi connectivity index (χ2v) is 11.3. The van der Waals surface area contributed by atoms with Gasteiger partial charge in [0.05, 0.1) is 23.7 Å². The monoisotopic (exact) mass is 556 g/mol. The highest BCUT2D eigenvalue weighted by molar-refractivity contribution is 7.92. The number of fused-ring (bicyclic) bond motifs is 1. The number of carboxylic acid groups (broad SMARTS) is 1. The van der Waals surface area contributed by atoms with Crippen LogP contribution in [0.4, 0.5) is 33.7 Å². The Morgan fingerprint density at radius 2 is 1.81 bits per heavy atom. The van der Waals surface area contributed by atoms with Gasteiger partial charge in [0, 0.05) is 12.7 Å². The van der Waals surface area contributed by atoms with Crippen LogP contribution in [0.15, 0.2) is 47.4 Å². The lowest BCUT2D eigenvalue weighted by molar-refractivity contribution is -0.134. The summed E-state index contributed by atoms with van der Waals surface area (Å²) in [6.45, 7) is -2.86. The summed E-state index contributed by atoms with van der Waals surface area (Å²) in [5, 5.41) is 11.0. The van der Waals surface area contributed by atoms with Gasteiger partial charge >= 0.3 is 12.3 Å². The van der Waals surface area contributed by atoms with Crippen LogP contribution in [-0.4, -0.2) is 71.3 Å². The lowest BCUT2D eigenvalue weighted by Gasteiger charge is -2.36. The molecule has 11 nitrogen and oxygen atoms in total. The van der Waals surface area contributed by atoms with Crippen LogP contribution in [-0.2, 0) is 20.2 Å². The number of rotatable bonds is 8. The number of nitrogens with zero attached hydrogens (tertiary/aromatic N) is 2. The number of alkyl halides is 3. The molecule has 36 heavy (non-hydrogen) atoms. The molecule has 1 atom stereocenters. The third kappa shape index (κ3) is 6.54. The first-order valence-electron chi connectivity index (χ1n) is 9.95. The van der Waals surface area contributed by atoms with Crippen molar-refractivity contribution in [3.8, 4) is 5.75 Å². The Labute approximate surface area is 203 Å². The Morgan fingerprint density at radius 3 is 2.39 bits per heavy atom. The van der Waals surface area contributed by atoms with Crippen LogP contribution in [0.1, 0.15) is 0 Å². The van der Waals surface area contributed by atoms with Crippen molar-refractivity contribution in [3.05, 3.63) is 48.3 Å². The second kappa shape index (κ2) is 10.1. The van der Waals surface area contributed by atoms with Gasteiger partial charge in [0.25, 0.3) is 20.2 Å². The van der Waals surface area contributed by atoms with Gasteiger partial charge in [-0.15, -0.1) is 0 Å². The van der Waals surface area contributed by atoms with Crippen molar-refractivity contribution in [1.29, 1.82) is 0 Å². The zero-order chi connectivity index (χ0) is 26.9. The van der Waals surface area contributed by atoms with E-state index in [-0.39, 0.29) is 26.3 Å². The topological polar surface area (TPSA) is 145 Å². The molecular formula is C19H20F4N4O7S2. The van der Waals surface area contributed by atoms with Gasteiger partial charge in [-0.1, -0.05) is 0 Å². The van der Waals surface area contributed by atoms with Gasteiger partial charge in [-0.05, 0) is 42.5 Å². The summed E-state index contributed by atoms with van der Waals surface area (Å²) < 4.78 is 111. The maximum absolute atomic E-state index is 13.3. The molecule has 0 aliphatic carbocycles. The van der Waals surface area contributed by atoms with Gasteiger partial charge < -0.3 is 9.84 Å². The molecule has 0 saturated carbocycles. The highest BCUT2D eigenvalue weighted by Crippen LogP contribution is 2.39. The van der Waals surface area contributed by atoms with Crippen LogP contribution in [0.25, 0.3) is 0 Å². The van der Waals surface area contributed by atoms with Crippen molar-refractivity contribution >= 4 is 37.7 Å². The molecule has 1 heterocycles. The molecule has 2 aromatic rings. The maximum Gasteiger partial charge on any atom is 0.409 e. The van der Waals surface area contributed by atoms with Gasteiger partial charge in [-0.3, -0.25) is 9.62 Å². The quantitative estimate of drug-likeness (QED) is 0.423. The molecule has 0 bridgehead atoms. The number of amides is 1. The summed E-state index contributed by atoms with van der Waals surface area (Å²) in [5.74, 6) is -0.768. The van der Waals surface area contributed by atoms with Crippen molar-refractivity contribution in [2.75, 3.05) is 36.3 Å². The lowest BCUT2D eigenvalue weighted by atomic mass is 10.2. The predicted molar refractivity (Wildman–Crippen MR) is 119 cm³/mol. The Morgan fingerprint density at radius 1 is 1.17 bits per heavy atom. The van der Waals surface area contributed by atoms with Crippen LogP contribution in [0.3, 0.4) is 0 Å². The number of nitrogens with one attached hydrogen (secondary N) is 2. The molecule has 0 saturated heterocycles. The highest BCUT2D eigenvalue weighted by Gasteiger charge is 2.37. The number of benzene rings is 2. The van der Waals surface area contributed by atoms with E-state index in [0.717, 1.165) is 35.6 Å². The summed E-state index contributed by atoms with van der Waals surface area (Å²) in [7, 11) is -8.27. The van der Waals surface area contributed by atoms with E-state index in [4.69, 9.17) is 9.84 Å². The van der Waals surface area contributed by atoms with Crippen molar-refractivity contribution in [2.24, 2.45) is 0 Å². The van der Waals surface area contributed by atoms with Gasteiger partial charge in [0.2, 0.25) is 0 Å². The molecule has 3 rings (SSSR count). The molecule has 1 amide bonds. The minimum absolute atomic E-state index is 0.00270. The van der Waals surface area contributed by atoms with E-state index in [2.05, 4.69) is 5.32 Å². The third-order valence-corrected chi connectivity index (χ3v) is 8.12. The average molecular weight is 557 g/mol. The summed E-state index contributed by atoms with van der Waals surface area (Å²) in [6, 6.07) is 7.51. The second-order valence-electron chi connectivity index (χ2n) is 7.57. The molecule has 198 valence electrons. The molecule has 2 aromatic carbocycles. The Bertz CT molecular complexity index is 1340. The van der Waals surface area contributed by atoms with E-state index < -0.39 is 64.1 Å². The van der Waals surface area contributed by atoms with Gasteiger partial charge in [-0.2, -0.15) is 30.6 Å². The zero-order valence-electron chi connectivity index (χ0n) is 18.4. The van der Waals surface area contributed by atoms with E-state index in [0.29, 0.717) is 0 Å². The fraction of sp³-hybridized carbons (Fsp3) is 0.316. The minimum atomic E-state index is -4.79. The third-order valence-electron chi connectivity index (χ3n) is 4.85. The Hall–Kier alpha value is -3.15. The molecule has 0 fully saturated rings. The first kappa shape index (κ1) is 27.4. The van der Waals surface area contributed by atoms with E-state index in [1.54, 1.807) is 0 Å². The van der Waals surface area contributed by atoms with Crippen LogP contribution >= 0.6 is 0 Å². The smallest absolute Gasteiger partial charge is 0.409 e. The molecule has 0 spiro atoms. The summed E-state index contributed by atoms with van der Waals surface area (Å²) >= 11 is 0. The molecule has 1 aliphatic rings. The molecular weight excluding hydrogens is 536 g/mol. The van der Waals surface area contributed by atoms with E-state index in [9.17, 15) is 39.2 Å². The molecule has 0 aromatic heterocycles. The number of ether oxygens (including phenoxy) is 1. The molecule has 0 radical (unpaired) electrons. The average Bonchev–Trinajstić information content (AvgIpc) is 2.76. The predicted octanol–water partition coefficient (Wildman–Crippen LogP) is 2.20. The van der Waals surface area contributed by atoms with Crippen molar-refractivity contribution < 1.29 is 49.0 Å². The number of sulfonamides is 1. The summed E-state index contributed by atoms with van der Waals surface area (Å²) in [5.41, 5.74) is -0.101. The fourth-order valence-corrected chi connectivity index (χ4v) is 5.66. The molecule has 1 unspecified atom stereocenters. The number of halogens is 4. The Balaban J connectivity index is 1.92. The first-order valence-corrected chi connectivity index (χ1v) is 12.8. The number of hydrogen-bond acceptors (Lipinski definition) is 6. The normalized spacial score (nSPS) is 16.4. The fourth-order valence-electron chi connectivity index (χ4n) is 3.23. The SMILES string of the molecule is CN(CC(F)(F)F)S(=O)(=O)NCC1CN(S(=O)(=O)c2ccc(F)cc2)c2cc(NC(=O)O)ccc2O1.